The topological polar surface area (TPSA) is 92.2 Å². The highest BCUT2D eigenvalue weighted by Crippen LogP contribution is 2.24. The minimum absolute atomic E-state index is 0.0513. The number of rotatable bonds is 5. The van der Waals surface area contributed by atoms with Crippen molar-refractivity contribution in [2.24, 2.45) is 5.92 Å². The first-order valence-corrected chi connectivity index (χ1v) is 11.0. The number of H-pyrrole nitrogens is 1. The van der Waals surface area contributed by atoms with E-state index >= 15 is 0 Å². The molecule has 4 rings (SSSR count). The Hall–Kier alpha value is -3.48. The number of nitrogens with one attached hydrogen (secondary N) is 1. The molecule has 1 saturated heterocycles. The largest absolute Gasteiger partial charge is 0.343 e. The SMILES string of the molecule is Cc1ccc(C(=O)C2CCN(C(=O)CCn3c(=O)[nH]c(=O)c4ccccc43)CC2)c(C)c1. The number of aryl methyl sites for hydroxylation is 3. The average Bonchev–Trinajstić information content (AvgIpc) is 2.78. The lowest BCUT2D eigenvalue weighted by Crippen LogP contribution is -2.41. The van der Waals surface area contributed by atoms with Crippen LogP contribution < -0.4 is 11.2 Å². The summed E-state index contributed by atoms with van der Waals surface area (Å²) >= 11 is 0. The average molecular weight is 434 g/mol. The third-order valence-corrected chi connectivity index (χ3v) is 6.32. The standard InChI is InChI=1S/C25H27N3O4/c1-16-7-8-19(17(2)15-16)23(30)18-9-12-27(13-10-18)22(29)11-14-28-21-6-4-3-5-20(21)24(31)26-25(28)32/h3-8,15,18H,9-14H2,1-2H3,(H,26,31,32). The predicted octanol–water partition coefficient (Wildman–Crippen LogP) is 2.82. The first-order chi connectivity index (χ1) is 15.3. The van der Waals surface area contributed by atoms with Crippen molar-refractivity contribution in [2.45, 2.75) is 39.7 Å². The Morgan fingerprint density at radius 2 is 1.75 bits per heavy atom. The maximum atomic E-state index is 12.9. The molecule has 1 N–H and O–H groups in total. The van der Waals surface area contributed by atoms with Crippen molar-refractivity contribution in [1.82, 2.24) is 14.5 Å². The monoisotopic (exact) mass is 433 g/mol. The van der Waals surface area contributed by atoms with E-state index in [0.717, 1.165) is 16.7 Å². The summed E-state index contributed by atoms with van der Waals surface area (Å²) in [4.78, 5) is 54.1. The zero-order valence-corrected chi connectivity index (χ0v) is 18.4. The van der Waals surface area contributed by atoms with Crippen molar-refractivity contribution in [1.29, 1.82) is 0 Å². The molecule has 1 aliphatic rings. The molecule has 0 saturated carbocycles. The van der Waals surface area contributed by atoms with Crippen molar-refractivity contribution < 1.29 is 9.59 Å². The second-order valence-corrected chi connectivity index (χ2v) is 8.52. The summed E-state index contributed by atoms with van der Waals surface area (Å²) in [6, 6.07) is 12.7. The van der Waals surface area contributed by atoms with Crippen LogP contribution in [0.5, 0.6) is 0 Å². The lowest BCUT2D eigenvalue weighted by atomic mass is 9.87. The number of carbonyl (C=O) groups excluding carboxylic acids is 2. The third-order valence-electron chi connectivity index (χ3n) is 6.32. The van der Waals surface area contributed by atoms with Gasteiger partial charge in [-0.15, -0.1) is 0 Å². The molecule has 0 bridgehead atoms. The Bertz CT molecular complexity index is 1300. The molecule has 3 aromatic rings. The summed E-state index contributed by atoms with van der Waals surface area (Å²) in [5.74, 6) is 0.0247. The van der Waals surface area contributed by atoms with Crippen molar-refractivity contribution in [3.63, 3.8) is 0 Å². The van der Waals surface area contributed by atoms with E-state index in [2.05, 4.69) is 4.98 Å². The van der Waals surface area contributed by atoms with Gasteiger partial charge in [-0.3, -0.25) is 23.9 Å². The highest BCUT2D eigenvalue weighted by Gasteiger charge is 2.28. The lowest BCUT2D eigenvalue weighted by molar-refractivity contribution is -0.132. The summed E-state index contributed by atoms with van der Waals surface area (Å²) in [7, 11) is 0. The number of hydrogen-bond acceptors (Lipinski definition) is 4. The Kier molecular flexibility index (Phi) is 6.08. The second-order valence-electron chi connectivity index (χ2n) is 8.52. The number of aromatic amines is 1. The minimum Gasteiger partial charge on any atom is -0.343 e. The number of fused-ring (bicyclic) bond motifs is 1. The van der Waals surface area contributed by atoms with Crippen LogP contribution in [0.3, 0.4) is 0 Å². The number of Topliss-reactive ketones (excluding diaryl/α,β-unsaturated/α-hetero) is 1. The molecule has 0 radical (unpaired) electrons. The molecule has 1 aromatic heterocycles. The third kappa shape index (κ3) is 4.28. The van der Waals surface area contributed by atoms with Gasteiger partial charge in [0.25, 0.3) is 5.56 Å². The van der Waals surface area contributed by atoms with Crippen LogP contribution in [0, 0.1) is 19.8 Å². The fourth-order valence-electron chi connectivity index (χ4n) is 4.53. The summed E-state index contributed by atoms with van der Waals surface area (Å²) in [5, 5.41) is 0.422. The number of amides is 1. The molecule has 0 unspecified atom stereocenters. The fourth-order valence-corrected chi connectivity index (χ4v) is 4.53. The van der Waals surface area contributed by atoms with Gasteiger partial charge in [0.1, 0.15) is 0 Å². The zero-order valence-electron chi connectivity index (χ0n) is 18.4. The fraction of sp³-hybridized carbons (Fsp3) is 0.360. The van der Waals surface area contributed by atoms with Gasteiger partial charge in [0, 0.05) is 37.5 Å². The van der Waals surface area contributed by atoms with Crippen molar-refractivity contribution in [3.05, 3.63) is 80.0 Å². The highest BCUT2D eigenvalue weighted by molar-refractivity contribution is 5.99. The van der Waals surface area contributed by atoms with Gasteiger partial charge < -0.3 is 4.90 Å². The molecule has 2 heterocycles. The number of piperidine rings is 1. The summed E-state index contributed by atoms with van der Waals surface area (Å²) in [6.45, 7) is 5.22. The molecule has 0 atom stereocenters. The lowest BCUT2D eigenvalue weighted by Gasteiger charge is -2.31. The Morgan fingerprint density at radius 1 is 1.03 bits per heavy atom. The smallest absolute Gasteiger partial charge is 0.328 e. The number of nitrogens with zero attached hydrogens (tertiary/aromatic N) is 2. The molecule has 1 amide bonds. The summed E-state index contributed by atoms with van der Waals surface area (Å²) in [5.41, 5.74) is 2.47. The van der Waals surface area contributed by atoms with Gasteiger partial charge in [-0.05, 0) is 44.4 Å². The van der Waals surface area contributed by atoms with E-state index in [4.69, 9.17) is 0 Å². The highest BCUT2D eigenvalue weighted by atomic mass is 16.2. The van der Waals surface area contributed by atoms with Crippen LogP contribution in [0.1, 0.15) is 40.7 Å². The summed E-state index contributed by atoms with van der Waals surface area (Å²) < 4.78 is 1.44. The molecule has 0 spiro atoms. The quantitative estimate of drug-likeness (QED) is 0.627. The molecule has 7 nitrogen and oxygen atoms in total. The number of hydrogen-bond donors (Lipinski definition) is 1. The molecule has 166 valence electrons. The molecule has 2 aromatic carbocycles. The van der Waals surface area contributed by atoms with Crippen LogP contribution in [0.15, 0.2) is 52.1 Å². The van der Waals surface area contributed by atoms with Crippen molar-refractivity contribution >= 4 is 22.6 Å². The van der Waals surface area contributed by atoms with Crippen LogP contribution in [0.4, 0.5) is 0 Å². The molecule has 1 aliphatic heterocycles. The number of para-hydroxylation sites is 1. The minimum atomic E-state index is -0.515. The Balaban J connectivity index is 1.39. The number of carbonyl (C=O) groups is 2. The molecule has 32 heavy (non-hydrogen) atoms. The van der Waals surface area contributed by atoms with Crippen LogP contribution in [0.25, 0.3) is 10.9 Å². The number of ketones is 1. The number of likely N-dealkylation sites (tertiary alicyclic amines) is 1. The first-order valence-electron chi connectivity index (χ1n) is 11.0. The van der Waals surface area contributed by atoms with Gasteiger partial charge in [-0.25, -0.2) is 4.79 Å². The van der Waals surface area contributed by atoms with Gasteiger partial charge in [-0.1, -0.05) is 35.9 Å². The van der Waals surface area contributed by atoms with Gasteiger partial charge in [0.15, 0.2) is 5.78 Å². The van der Waals surface area contributed by atoms with Gasteiger partial charge in [0.2, 0.25) is 5.91 Å². The van der Waals surface area contributed by atoms with E-state index in [-0.39, 0.29) is 30.6 Å². The van der Waals surface area contributed by atoms with E-state index in [1.165, 1.54) is 4.57 Å². The number of aromatic nitrogens is 2. The maximum absolute atomic E-state index is 12.9. The van der Waals surface area contributed by atoms with Crippen molar-refractivity contribution in [3.8, 4) is 0 Å². The maximum Gasteiger partial charge on any atom is 0.328 e. The molecular weight excluding hydrogens is 406 g/mol. The van der Waals surface area contributed by atoms with E-state index in [1.807, 2.05) is 32.0 Å². The van der Waals surface area contributed by atoms with Gasteiger partial charge >= 0.3 is 5.69 Å². The summed E-state index contributed by atoms with van der Waals surface area (Å²) in [6.07, 6.45) is 1.43. The van der Waals surface area contributed by atoms with Crippen LogP contribution in [-0.4, -0.2) is 39.2 Å². The molecule has 0 aliphatic carbocycles. The van der Waals surface area contributed by atoms with Crippen LogP contribution >= 0.6 is 0 Å². The van der Waals surface area contributed by atoms with E-state index in [0.29, 0.717) is 36.8 Å². The molecular formula is C25H27N3O4. The Morgan fingerprint density at radius 3 is 2.47 bits per heavy atom. The predicted molar refractivity (Wildman–Crippen MR) is 123 cm³/mol. The van der Waals surface area contributed by atoms with Gasteiger partial charge in [0.05, 0.1) is 10.9 Å². The molecule has 7 heteroatoms. The second kappa shape index (κ2) is 8.94. The van der Waals surface area contributed by atoms with E-state index < -0.39 is 11.2 Å². The van der Waals surface area contributed by atoms with E-state index in [1.54, 1.807) is 29.2 Å². The molecule has 1 fully saturated rings. The normalized spacial score (nSPS) is 14.6. The van der Waals surface area contributed by atoms with E-state index in [9.17, 15) is 19.2 Å². The van der Waals surface area contributed by atoms with Crippen molar-refractivity contribution in [2.75, 3.05) is 13.1 Å². The zero-order chi connectivity index (χ0) is 22.8. The Labute approximate surface area is 185 Å². The van der Waals surface area contributed by atoms with Crippen LogP contribution in [-0.2, 0) is 11.3 Å². The first kappa shape index (κ1) is 21.7. The van der Waals surface area contributed by atoms with Gasteiger partial charge in [-0.2, -0.15) is 0 Å². The van der Waals surface area contributed by atoms with Crippen LogP contribution in [0.2, 0.25) is 0 Å². The number of benzene rings is 2.